The molecule has 1 aromatic heterocycles. The van der Waals surface area contributed by atoms with Crippen LogP contribution < -0.4 is 10.6 Å². The quantitative estimate of drug-likeness (QED) is 0.313. The van der Waals surface area contributed by atoms with E-state index in [0.717, 1.165) is 69.8 Å². The van der Waals surface area contributed by atoms with Gasteiger partial charge in [0.25, 0.3) is 0 Å². The summed E-state index contributed by atoms with van der Waals surface area (Å²) in [5.74, 6) is 3.21. The van der Waals surface area contributed by atoms with Gasteiger partial charge in [0.2, 0.25) is 0 Å². The topological polar surface area (TPSA) is 88.8 Å². The van der Waals surface area contributed by atoms with E-state index in [9.17, 15) is 0 Å². The Morgan fingerprint density at radius 3 is 2.76 bits per heavy atom. The van der Waals surface area contributed by atoms with Crippen molar-refractivity contribution in [2.45, 2.75) is 51.9 Å². The van der Waals surface area contributed by atoms with Crippen molar-refractivity contribution in [2.24, 2.45) is 10.9 Å². The molecule has 0 amide bonds. The summed E-state index contributed by atoms with van der Waals surface area (Å²) in [5.41, 5.74) is 0. The van der Waals surface area contributed by atoms with Crippen LogP contribution in [0.3, 0.4) is 0 Å². The van der Waals surface area contributed by atoms with Crippen LogP contribution in [-0.2, 0) is 29.0 Å². The molecule has 2 unspecified atom stereocenters. The van der Waals surface area contributed by atoms with Crippen LogP contribution in [-0.4, -0.2) is 84.7 Å². The van der Waals surface area contributed by atoms with Crippen LogP contribution in [0.1, 0.15) is 31.9 Å². The molecule has 2 N–H and O–H groups in total. The molecule has 0 aromatic carbocycles. The van der Waals surface area contributed by atoms with Crippen LogP contribution in [0.4, 0.5) is 0 Å². The summed E-state index contributed by atoms with van der Waals surface area (Å²) in [6.07, 6.45) is 1.93. The summed E-state index contributed by atoms with van der Waals surface area (Å²) in [4.78, 5) is 11.5. The lowest BCUT2D eigenvalue weighted by Gasteiger charge is -2.37. The molecule has 29 heavy (non-hydrogen) atoms. The van der Waals surface area contributed by atoms with Crippen molar-refractivity contribution in [1.82, 2.24) is 30.3 Å². The van der Waals surface area contributed by atoms with Gasteiger partial charge in [-0.2, -0.15) is 5.10 Å². The second kappa shape index (κ2) is 12.0. The van der Waals surface area contributed by atoms with Gasteiger partial charge in [0.15, 0.2) is 11.8 Å². The van der Waals surface area contributed by atoms with Crippen LogP contribution in [0.5, 0.6) is 0 Å². The highest BCUT2D eigenvalue weighted by Gasteiger charge is 2.25. The van der Waals surface area contributed by atoms with E-state index >= 15 is 0 Å². The third-order valence-corrected chi connectivity index (χ3v) is 5.50. The van der Waals surface area contributed by atoms with E-state index < -0.39 is 0 Å². The summed E-state index contributed by atoms with van der Waals surface area (Å²) >= 11 is 0. The first kappa shape index (κ1) is 24.3. The predicted molar refractivity (Wildman–Crippen MR) is 124 cm³/mol. The Bertz CT molecular complexity index is 647. The number of aliphatic imine (C=N–C) groups is 1. The highest BCUT2D eigenvalue weighted by atomic mass is 127. The number of aromatic nitrogens is 3. The standard InChI is InChI=1S/C19H35N7O2.HI/c1-14(2)16(25-7-9-28-10-8-25)11-21-19(20-3)22-15-5-6-18-23-17(13-27-4)24-26(18)12-15;/h14-16H,5-13H2,1-4H3,(H2,20,21,22);1H. The largest absolute Gasteiger partial charge is 0.379 e. The Hall–Kier alpha value is -0.980. The van der Waals surface area contributed by atoms with Crippen molar-refractivity contribution in [3.8, 4) is 0 Å². The first-order chi connectivity index (χ1) is 13.6. The van der Waals surface area contributed by atoms with E-state index in [2.05, 4.69) is 44.5 Å². The summed E-state index contributed by atoms with van der Waals surface area (Å²) in [6, 6.07) is 0.754. The van der Waals surface area contributed by atoms with Gasteiger partial charge in [-0.15, -0.1) is 24.0 Å². The number of nitrogens with zero attached hydrogens (tertiary/aromatic N) is 5. The van der Waals surface area contributed by atoms with Crippen molar-refractivity contribution in [3.05, 3.63) is 11.6 Å². The number of halogens is 1. The van der Waals surface area contributed by atoms with Gasteiger partial charge in [-0.1, -0.05) is 13.8 Å². The first-order valence-electron chi connectivity index (χ1n) is 10.3. The zero-order valence-electron chi connectivity index (χ0n) is 18.1. The van der Waals surface area contributed by atoms with Gasteiger partial charge in [0, 0.05) is 52.3 Å². The maximum absolute atomic E-state index is 5.50. The lowest BCUT2D eigenvalue weighted by molar-refractivity contribution is 0.00751. The Labute approximate surface area is 191 Å². The van der Waals surface area contributed by atoms with Crippen LogP contribution in [0, 0.1) is 5.92 Å². The number of ether oxygens (including phenoxy) is 2. The van der Waals surface area contributed by atoms with E-state index in [1.807, 2.05) is 11.7 Å². The normalized spacial score (nSPS) is 21.4. The minimum Gasteiger partial charge on any atom is -0.379 e. The molecule has 0 bridgehead atoms. The third-order valence-electron chi connectivity index (χ3n) is 5.50. The van der Waals surface area contributed by atoms with Gasteiger partial charge in [0.05, 0.1) is 19.8 Å². The smallest absolute Gasteiger partial charge is 0.191 e. The molecule has 2 atom stereocenters. The van der Waals surface area contributed by atoms with E-state index in [-0.39, 0.29) is 30.0 Å². The lowest BCUT2D eigenvalue weighted by atomic mass is 10.0. The summed E-state index contributed by atoms with van der Waals surface area (Å²) in [5, 5.41) is 11.6. The van der Waals surface area contributed by atoms with Crippen molar-refractivity contribution in [3.63, 3.8) is 0 Å². The fraction of sp³-hybridized carbons (Fsp3) is 0.842. The van der Waals surface area contributed by atoms with E-state index in [4.69, 9.17) is 9.47 Å². The molecule has 9 nitrogen and oxygen atoms in total. The number of methoxy groups -OCH3 is 1. The van der Waals surface area contributed by atoms with Gasteiger partial charge < -0.3 is 20.1 Å². The molecule has 0 spiro atoms. The highest BCUT2D eigenvalue weighted by molar-refractivity contribution is 14.0. The molecular formula is C19H36IN7O2. The van der Waals surface area contributed by atoms with Gasteiger partial charge in [-0.25, -0.2) is 9.67 Å². The second-order valence-corrected chi connectivity index (χ2v) is 7.85. The maximum atomic E-state index is 5.50. The van der Waals surface area contributed by atoms with Crippen LogP contribution >= 0.6 is 24.0 Å². The minimum atomic E-state index is 0. The lowest BCUT2D eigenvalue weighted by Crippen LogP contribution is -2.54. The van der Waals surface area contributed by atoms with Gasteiger partial charge >= 0.3 is 0 Å². The molecular weight excluding hydrogens is 485 g/mol. The van der Waals surface area contributed by atoms with Crippen molar-refractivity contribution >= 4 is 29.9 Å². The average molecular weight is 521 g/mol. The summed E-state index contributed by atoms with van der Waals surface area (Å²) in [6.45, 7) is 10.3. The van der Waals surface area contributed by atoms with Crippen LogP contribution in [0.2, 0.25) is 0 Å². The number of morpholine rings is 1. The number of hydrogen-bond donors (Lipinski definition) is 2. The molecule has 1 aromatic rings. The third kappa shape index (κ3) is 6.76. The fourth-order valence-corrected chi connectivity index (χ4v) is 3.95. The number of rotatable bonds is 7. The summed E-state index contributed by atoms with van der Waals surface area (Å²) < 4.78 is 12.6. The van der Waals surface area contributed by atoms with Crippen LogP contribution in [0.25, 0.3) is 0 Å². The Kier molecular flexibility index (Phi) is 10.1. The monoisotopic (exact) mass is 521 g/mol. The van der Waals surface area contributed by atoms with E-state index in [1.165, 1.54) is 0 Å². The average Bonchev–Trinajstić information content (AvgIpc) is 3.09. The number of aryl methyl sites for hydroxylation is 1. The van der Waals surface area contributed by atoms with Gasteiger partial charge in [-0.3, -0.25) is 9.89 Å². The first-order valence-corrected chi connectivity index (χ1v) is 10.3. The maximum Gasteiger partial charge on any atom is 0.191 e. The molecule has 2 aliphatic heterocycles. The zero-order chi connectivity index (χ0) is 19.9. The van der Waals surface area contributed by atoms with Gasteiger partial charge in [-0.05, 0) is 12.3 Å². The van der Waals surface area contributed by atoms with Crippen molar-refractivity contribution in [2.75, 3.05) is 47.0 Å². The second-order valence-electron chi connectivity index (χ2n) is 7.85. The molecule has 1 saturated heterocycles. The predicted octanol–water partition coefficient (Wildman–Crippen LogP) is 0.879. The van der Waals surface area contributed by atoms with Crippen molar-refractivity contribution < 1.29 is 9.47 Å². The molecule has 1 fully saturated rings. The molecule has 3 rings (SSSR count). The Morgan fingerprint density at radius 2 is 2.10 bits per heavy atom. The van der Waals surface area contributed by atoms with Gasteiger partial charge in [0.1, 0.15) is 12.4 Å². The number of hydrogen-bond acceptors (Lipinski definition) is 6. The molecule has 0 radical (unpaired) electrons. The molecule has 0 aliphatic carbocycles. The van der Waals surface area contributed by atoms with Crippen LogP contribution in [0.15, 0.2) is 4.99 Å². The van der Waals surface area contributed by atoms with E-state index in [0.29, 0.717) is 18.6 Å². The van der Waals surface area contributed by atoms with Crippen molar-refractivity contribution in [1.29, 1.82) is 0 Å². The van der Waals surface area contributed by atoms with E-state index in [1.54, 1.807) is 7.11 Å². The number of nitrogens with one attached hydrogen (secondary N) is 2. The number of guanidine groups is 1. The molecule has 0 saturated carbocycles. The molecule has 10 heteroatoms. The molecule has 166 valence electrons. The Balaban J connectivity index is 0.00000300. The molecule has 3 heterocycles. The molecule has 2 aliphatic rings. The SMILES string of the molecule is CN=C(NCC(C(C)C)N1CCOCC1)NC1CCc2nc(COC)nn2C1.I. The highest BCUT2D eigenvalue weighted by Crippen LogP contribution is 2.14. The number of fused-ring (bicyclic) bond motifs is 1. The minimum absolute atomic E-state index is 0. The zero-order valence-corrected chi connectivity index (χ0v) is 20.4. The fourth-order valence-electron chi connectivity index (χ4n) is 3.95. The summed E-state index contributed by atoms with van der Waals surface area (Å²) in [7, 11) is 3.50. The Morgan fingerprint density at radius 1 is 1.34 bits per heavy atom.